The maximum Gasteiger partial charge on any atom is 0.319 e. The van der Waals surface area contributed by atoms with E-state index in [1.807, 2.05) is 31.2 Å². The minimum atomic E-state index is -0.217. The van der Waals surface area contributed by atoms with E-state index in [-0.39, 0.29) is 12.1 Å². The molecule has 9 nitrogen and oxygen atoms in total. The zero-order valence-electron chi connectivity index (χ0n) is 19.5. The number of urea groups is 1. The molecule has 1 unspecified atom stereocenters. The minimum Gasteiger partial charge on any atom is -0.377 e. The number of imidazole rings is 1. The van der Waals surface area contributed by atoms with Crippen LogP contribution in [-0.4, -0.2) is 57.9 Å². The largest absolute Gasteiger partial charge is 0.377 e. The van der Waals surface area contributed by atoms with Crippen molar-refractivity contribution in [2.75, 3.05) is 36.5 Å². The van der Waals surface area contributed by atoms with Gasteiger partial charge in [0, 0.05) is 36.8 Å². The number of hydrogen-bond acceptors (Lipinski definition) is 6. The maximum absolute atomic E-state index is 11.8. The Hall–Kier alpha value is -3.20. The Balaban J connectivity index is 1.58. The molecule has 0 bridgehead atoms. The summed E-state index contributed by atoms with van der Waals surface area (Å²) in [5.74, 6) is 3.20. The van der Waals surface area contributed by atoms with Crippen molar-refractivity contribution in [3.05, 3.63) is 30.1 Å². The summed E-state index contributed by atoms with van der Waals surface area (Å²) >= 11 is 0. The zero-order valence-corrected chi connectivity index (χ0v) is 19.5. The molecule has 33 heavy (non-hydrogen) atoms. The highest BCUT2D eigenvalue weighted by molar-refractivity contribution is 5.90. The molecule has 1 saturated heterocycles. The molecule has 3 aromatic rings. The fourth-order valence-electron chi connectivity index (χ4n) is 4.38. The van der Waals surface area contributed by atoms with E-state index in [0.717, 1.165) is 47.1 Å². The number of carbonyl (C=O) groups excluding carboxylic acids is 1. The fraction of sp³-hybridized carbons (Fsp3) is 0.500. The topological polar surface area (TPSA) is 97.2 Å². The van der Waals surface area contributed by atoms with Crippen molar-refractivity contribution in [2.45, 2.75) is 52.1 Å². The van der Waals surface area contributed by atoms with Crippen LogP contribution >= 0.6 is 0 Å². The molecule has 3 heterocycles. The Labute approximate surface area is 193 Å². The number of carbonyl (C=O) groups is 1. The molecule has 2 aromatic heterocycles. The van der Waals surface area contributed by atoms with Gasteiger partial charge in [0.15, 0.2) is 22.8 Å². The number of fused-ring (bicyclic) bond motifs is 1. The fourth-order valence-corrected chi connectivity index (χ4v) is 4.38. The number of benzene rings is 1. The van der Waals surface area contributed by atoms with Crippen molar-refractivity contribution >= 4 is 28.7 Å². The second-order valence-electron chi connectivity index (χ2n) is 8.71. The van der Waals surface area contributed by atoms with Crippen molar-refractivity contribution < 1.29 is 9.53 Å². The van der Waals surface area contributed by atoms with Gasteiger partial charge < -0.3 is 24.8 Å². The standard InChI is InChI=1S/C24H31N7O2/c1-4-25-24(32)26-18-10-8-16(9-11-18)20-28-22-19(27-21(17-6-7-17)30(22)5-2)23(29-20)31-12-13-33-14-15(31)3/h8-11,15,17H,4-7,12-14H2,1-3H3,(H2,25,26,32). The van der Waals surface area contributed by atoms with E-state index in [1.165, 1.54) is 12.8 Å². The number of anilines is 2. The van der Waals surface area contributed by atoms with E-state index < -0.39 is 0 Å². The number of morpholine rings is 1. The van der Waals surface area contributed by atoms with E-state index in [1.54, 1.807) is 0 Å². The number of nitrogens with zero attached hydrogens (tertiary/aromatic N) is 5. The molecule has 1 aromatic carbocycles. The molecule has 2 amide bonds. The second kappa shape index (κ2) is 8.97. The normalized spacial score (nSPS) is 18.5. The summed E-state index contributed by atoms with van der Waals surface area (Å²) in [6, 6.07) is 7.65. The lowest BCUT2D eigenvalue weighted by molar-refractivity contribution is 0.0987. The Kier molecular flexibility index (Phi) is 5.88. The number of rotatable bonds is 6. The van der Waals surface area contributed by atoms with Gasteiger partial charge in [0.05, 0.1) is 19.3 Å². The first-order chi connectivity index (χ1) is 16.1. The smallest absolute Gasteiger partial charge is 0.319 e. The number of aromatic nitrogens is 4. The minimum absolute atomic E-state index is 0.213. The van der Waals surface area contributed by atoms with Crippen LogP contribution in [0.25, 0.3) is 22.6 Å². The van der Waals surface area contributed by atoms with E-state index in [0.29, 0.717) is 31.5 Å². The van der Waals surface area contributed by atoms with Gasteiger partial charge in [0.1, 0.15) is 5.82 Å². The maximum atomic E-state index is 11.8. The van der Waals surface area contributed by atoms with Crippen molar-refractivity contribution in [3.8, 4) is 11.4 Å². The van der Waals surface area contributed by atoms with E-state index in [4.69, 9.17) is 19.7 Å². The van der Waals surface area contributed by atoms with Crippen molar-refractivity contribution in [2.24, 2.45) is 0 Å². The number of ether oxygens (including phenoxy) is 1. The van der Waals surface area contributed by atoms with E-state index >= 15 is 0 Å². The molecular weight excluding hydrogens is 418 g/mol. The first kappa shape index (κ1) is 21.6. The molecule has 174 valence electrons. The third-order valence-electron chi connectivity index (χ3n) is 6.24. The van der Waals surface area contributed by atoms with Crippen LogP contribution < -0.4 is 15.5 Å². The number of aryl methyl sites for hydroxylation is 1. The van der Waals surface area contributed by atoms with Crippen molar-refractivity contribution in [3.63, 3.8) is 0 Å². The summed E-state index contributed by atoms with van der Waals surface area (Å²) in [7, 11) is 0. The SMILES string of the molecule is CCNC(=O)Nc1ccc(-c2nc(N3CCOCC3C)c3nc(C4CC4)n(CC)c3n2)cc1. The van der Waals surface area contributed by atoms with E-state index in [2.05, 4.69) is 33.9 Å². The molecule has 0 spiro atoms. The monoisotopic (exact) mass is 449 g/mol. The van der Waals surface area contributed by atoms with Crippen molar-refractivity contribution in [1.29, 1.82) is 0 Å². The molecule has 2 N–H and O–H groups in total. The van der Waals surface area contributed by atoms with Crippen LogP contribution in [0.3, 0.4) is 0 Å². The first-order valence-corrected chi connectivity index (χ1v) is 11.9. The summed E-state index contributed by atoms with van der Waals surface area (Å²) < 4.78 is 7.92. The predicted molar refractivity (Wildman–Crippen MR) is 129 cm³/mol. The Morgan fingerprint density at radius 1 is 1.15 bits per heavy atom. The van der Waals surface area contributed by atoms with Gasteiger partial charge in [-0.05, 0) is 57.9 Å². The Morgan fingerprint density at radius 3 is 2.61 bits per heavy atom. The third-order valence-corrected chi connectivity index (χ3v) is 6.24. The van der Waals surface area contributed by atoms with Crippen molar-refractivity contribution in [1.82, 2.24) is 24.8 Å². The van der Waals surface area contributed by atoms with Gasteiger partial charge in [-0.3, -0.25) is 0 Å². The summed E-state index contributed by atoms with van der Waals surface area (Å²) in [6.45, 7) is 9.72. The molecule has 5 rings (SSSR count). The van der Waals surface area contributed by atoms with Crippen LogP contribution in [0, 0.1) is 0 Å². The van der Waals surface area contributed by atoms with Gasteiger partial charge in [-0.2, -0.15) is 0 Å². The molecule has 1 aliphatic heterocycles. The highest BCUT2D eigenvalue weighted by Gasteiger charge is 2.32. The summed E-state index contributed by atoms with van der Waals surface area (Å²) in [5.41, 5.74) is 3.40. The Morgan fingerprint density at radius 2 is 1.94 bits per heavy atom. The van der Waals surface area contributed by atoms with Gasteiger partial charge in [-0.15, -0.1) is 0 Å². The highest BCUT2D eigenvalue weighted by Crippen LogP contribution is 2.42. The molecule has 2 fully saturated rings. The van der Waals surface area contributed by atoms with Crippen LogP contribution in [0.15, 0.2) is 24.3 Å². The average molecular weight is 450 g/mol. The summed E-state index contributed by atoms with van der Waals surface area (Å²) in [5, 5.41) is 5.57. The Bertz CT molecular complexity index is 1150. The van der Waals surface area contributed by atoms with Crippen LogP contribution in [-0.2, 0) is 11.3 Å². The highest BCUT2D eigenvalue weighted by atomic mass is 16.5. The lowest BCUT2D eigenvalue weighted by atomic mass is 10.2. The summed E-state index contributed by atoms with van der Waals surface area (Å²) in [6.07, 6.45) is 2.37. The molecule has 9 heteroatoms. The van der Waals surface area contributed by atoms with Gasteiger partial charge in [-0.25, -0.2) is 19.7 Å². The van der Waals surface area contributed by atoms with Crippen LogP contribution in [0.5, 0.6) is 0 Å². The van der Waals surface area contributed by atoms with Crippen LogP contribution in [0.4, 0.5) is 16.3 Å². The number of amides is 2. The first-order valence-electron chi connectivity index (χ1n) is 11.9. The quantitative estimate of drug-likeness (QED) is 0.595. The van der Waals surface area contributed by atoms with Crippen LogP contribution in [0.2, 0.25) is 0 Å². The summed E-state index contributed by atoms with van der Waals surface area (Å²) in [4.78, 5) is 29.2. The lowest BCUT2D eigenvalue weighted by Gasteiger charge is -2.34. The van der Waals surface area contributed by atoms with Gasteiger partial charge in [0.25, 0.3) is 0 Å². The zero-order chi connectivity index (χ0) is 22.9. The van der Waals surface area contributed by atoms with Gasteiger partial charge >= 0.3 is 6.03 Å². The molecular formula is C24H31N7O2. The lowest BCUT2D eigenvalue weighted by Crippen LogP contribution is -2.44. The molecule has 1 atom stereocenters. The van der Waals surface area contributed by atoms with Gasteiger partial charge in [-0.1, -0.05) is 0 Å². The molecule has 0 radical (unpaired) electrons. The van der Waals surface area contributed by atoms with E-state index in [9.17, 15) is 4.79 Å². The number of hydrogen-bond donors (Lipinski definition) is 2. The second-order valence-corrected chi connectivity index (χ2v) is 8.71. The predicted octanol–water partition coefficient (Wildman–Crippen LogP) is 3.76. The molecule has 1 saturated carbocycles. The molecule has 2 aliphatic rings. The third kappa shape index (κ3) is 4.25. The number of nitrogens with one attached hydrogen (secondary N) is 2. The molecule has 1 aliphatic carbocycles. The van der Waals surface area contributed by atoms with Gasteiger partial charge in [0.2, 0.25) is 0 Å². The average Bonchev–Trinajstić information content (AvgIpc) is 3.60. The van der Waals surface area contributed by atoms with Crippen LogP contribution in [0.1, 0.15) is 45.4 Å².